The van der Waals surface area contributed by atoms with E-state index in [2.05, 4.69) is 0 Å². The van der Waals surface area contributed by atoms with Gasteiger partial charge in [0.05, 0.1) is 0 Å². The van der Waals surface area contributed by atoms with Gasteiger partial charge in [-0.15, -0.1) is 0 Å². The van der Waals surface area contributed by atoms with Crippen molar-refractivity contribution in [3.8, 4) is 0 Å². The summed E-state index contributed by atoms with van der Waals surface area (Å²) in [4.78, 5) is 0. The van der Waals surface area contributed by atoms with Crippen LogP contribution >= 0.6 is 34.8 Å². The molecule has 0 saturated heterocycles. The summed E-state index contributed by atoms with van der Waals surface area (Å²) in [5.74, 6) is 0. The Labute approximate surface area is 95.5 Å². The minimum absolute atomic E-state index is 0. The summed E-state index contributed by atoms with van der Waals surface area (Å²) >= 11 is 14.4. The summed E-state index contributed by atoms with van der Waals surface area (Å²) in [6.45, 7) is 0. The second-order valence-electron chi connectivity index (χ2n) is 2.37. The number of rotatable bonds is 0. The first-order valence-corrected chi connectivity index (χ1v) is 5.41. The van der Waals surface area contributed by atoms with Crippen molar-refractivity contribution in [3.63, 3.8) is 0 Å². The minimum atomic E-state index is -0.750. The highest BCUT2D eigenvalue weighted by atomic mass is 35.6. The van der Waals surface area contributed by atoms with Crippen LogP contribution in [0.1, 0.15) is 38.5 Å². The van der Waals surface area contributed by atoms with Gasteiger partial charge in [-0.3, -0.25) is 0 Å². The van der Waals surface area contributed by atoms with Crippen LogP contribution in [0.2, 0.25) is 0 Å². The normalized spacial score (nSPS) is 14.3. The number of hydrogen-bond acceptors (Lipinski definition) is 1. The van der Waals surface area contributed by atoms with E-state index in [4.69, 9.17) is 39.9 Å². The molecule has 0 aromatic rings. The zero-order chi connectivity index (χ0) is 9.82. The van der Waals surface area contributed by atoms with Crippen molar-refractivity contribution < 1.29 is 10.6 Å². The van der Waals surface area contributed by atoms with Gasteiger partial charge in [0.25, 0.3) is 0 Å². The van der Waals surface area contributed by atoms with Crippen LogP contribution in [0.3, 0.4) is 0 Å². The van der Waals surface area contributed by atoms with Gasteiger partial charge in [-0.25, -0.2) is 0 Å². The van der Waals surface area contributed by atoms with Crippen molar-refractivity contribution in [2.75, 3.05) is 7.11 Å². The number of aliphatic hydroxyl groups excluding tert-OH is 1. The van der Waals surface area contributed by atoms with Crippen molar-refractivity contribution in [3.05, 3.63) is 0 Å². The van der Waals surface area contributed by atoms with Gasteiger partial charge in [-0.1, -0.05) is 73.3 Å². The SMILES string of the molecule is C1CCCCC1.CO.ClC(Cl)Cl.O. The highest BCUT2D eigenvalue weighted by Gasteiger charge is 1.95. The quantitative estimate of drug-likeness (QED) is 0.663. The molecule has 1 fully saturated rings. The maximum Gasteiger partial charge on any atom is 0.180 e. The summed E-state index contributed by atoms with van der Waals surface area (Å²) in [6, 6.07) is 0. The average molecular weight is 254 g/mol. The van der Waals surface area contributed by atoms with E-state index in [1.165, 1.54) is 38.5 Å². The van der Waals surface area contributed by atoms with Crippen LogP contribution < -0.4 is 0 Å². The van der Waals surface area contributed by atoms with E-state index >= 15 is 0 Å². The highest BCUT2D eigenvalue weighted by molar-refractivity contribution is 6.63. The lowest BCUT2D eigenvalue weighted by atomic mass is 10.0. The smallest absolute Gasteiger partial charge is 0.180 e. The minimum Gasteiger partial charge on any atom is -0.412 e. The predicted molar refractivity (Wildman–Crippen MR) is 60.8 cm³/mol. The van der Waals surface area contributed by atoms with Gasteiger partial charge >= 0.3 is 0 Å². The van der Waals surface area contributed by atoms with Crippen molar-refractivity contribution in [2.24, 2.45) is 0 Å². The molecule has 1 saturated carbocycles. The molecule has 0 radical (unpaired) electrons. The van der Waals surface area contributed by atoms with Crippen molar-refractivity contribution >= 4 is 34.8 Å². The second-order valence-corrected chi connectivity index (χ2v) is 4.35. The van der Waals surface area contributed by atoms with E-state index < -0.39 is 4.30 Å². The molecule has 0 bridgehead atoms. The molecule has 0 unspecified atom stereocenters. The Balaban J connectivity index is -0.000000128. The van der Waals surface area contributed by atoms with Gasteiger partial charge in [0.2, 0.25) is 0 Å². The fourth-order valence-electron chi connectivity index (χ4n) is 1.06. The molecule has 1 rings (SSSR count). The predicted octanol–water partition coefficient (Wildman–Crippen LogP) is 3.11. The third kappa shape index (κ3) is 32.3. The molecule has 13 heavy (non-hydrogen) atoms. The van der Waals surface area contributed by atoms with Crippen LogP contribution in [0, 0.1) is 0 Å². The molecule has 0 aromatic carbocycles. The molecular weight excluding hydrogens is 234 g/mol. The van der Waals surface area contributed by atoms with Crippen LogP contribution in [0.15, 0.2) is 0 Å². The van der Waals surface area contributed by atoms with Crippen LogP contribution in [0.5, 0.6) is 0 Å². The van der Waals surface area contributed by atoms with Crippen LogP contribution in [-0.4, -0.2) is 22.0 Å². The first-order valence-electron chi connectivity index (χ1n) is 4.10. The average Bonchev–Trinajstić information content (AvgIpc) is 2.10. The van der Waals surface area contributed by atoms with Crippen LogP contribution in [0.25, 0.3) is 0 Å². The summed E-state index contributed by atoms with van der Waals surface area (Å²) in [5, 5.41) is 7.00. The first kappa shape index (κ1) is 19.4. The monoisotopic (exact) mass is 252 g/mol. The van der Waals surface area contributed by atoms with Gasteiger partial charge in [-0.2, -0.15) is 0 Å². The molecule has 2 nitrogen and oxygen atoms in total. The molecule has 0 spiro atoms. The van der Waals surface area contributed by atoms with Crippen molar-refractivity contribution in [2.45, 2.75) is 42.8 Å². The number of aliphatic hydroxyl groups is 1. The Kier molecular flexibility index (Phi) is 27.6. The first-order chi connectivity index (χ1) is 5.73. The lowest BCUT2D eigenvalue weighted by Crippen LogP contribution is -1.85. The molecule has 0 aliphatic heterocycles. The van der Waals surface area contributed by atoms with E-state index in [1.807, 2.05) is 0 Å². The zero-order valence-electron chi connectivity index (χ0n) is 7.90. The molecule has 1 aliphatic carbocycles. The molecular formula is C8H19Cl3O2. The van der Waals surface area contributed by atoms with E-state index in [0.29, 0.717) is 0 Å². The summed E-state index contributed by atoms with van der Waals surface area (Å²) < 4.78 is -0.750. The molecule has 0 amide bonds. The van der Waals surface area contributed by atoms with E-state index in [9.17, 15) is 0 Å². The molecule has 3 N–H and O–H groups in total. The summed E-state index contributed by atoms with van der Waals surface area (Å²) in [5.41, 5.74) is 0. The van der Waals surface area contributed by atoms with Gasteiger partial charge in [-0.05, 0) is 0 Å². The maximum atomic E-state index is 7.00. The van der Waals surface area contributed by atoms with E-state index in [0.717, 1.165) is 7.11 Å². The third-order valence-electron chi connectivity index (χ3n) is 1.50. The Hall–Kier alpha value is 0.790. The van der Waals surface area contributed by atoms with Gasteiger partial charge < -0.3 is 10.6 Å². The lowest BCUT2D eigenvalue weighted by molar-refractivity contribution is 0.399. The number of halogens is 3. The van der Waals surface area contributed by atoms with E-state index in [-0.39, 0.29) is 5.48 Å². The van der Waals surface area contributed by atoms with Gasteiger partial charge in [0, 0.05) is 7.11 Å². The summed E-state index contributed by atoms with van der Waals surface area (Å²) in [7, 11) is 1.00. The fourth-order valence-corrected chi connectivity index (χ4v) is 1.06. The largest absolute Gasteiger partial charge is 0.412 e. The standard InChI is InChI=1S/C6H12.CHCl3.CH4O.H2O/c1-2-4-6-5-3-1;2-1(3)4;1-2;/h1-6H2;1H;2H,1H3;1H2. The molecule has 0 aromatic heterocycles. The third-order valence-corrected chi connectivity index (χ3v) is 1.50. The molecule has 0 heterocycles. The Morgan fingerprint density at radius 1 is 0.769 bits per heavy atom. The Morgan fingerprint density at radius 2 is 0.846 bits per heavy atom. The molecule has 5 heteroatoms. The van der Waals surface area contributed by atoms with E-state index in [1.54, 1.807) is 0 Å². The zero-order valence-corrected chi connectivity index (χ0v) is 10.2. The number of hydrogen-bond donors (Lipinski definition) is 1. The van der Waals surface area contributed by atoms with Crippen LogP contribution in [-0.2, 0) is 0 Å². The van der Waals surface area contributed by atoms with Crippen molar-refractivity contribution in [1.29, 1.82) is 0 Å². The maximum absolute atomic E-state index is 7.00. The molecule has 0 atom stereocenters. The van der Waals surface area contributed by atoms with Crippen LogP contribution in [0.4, 0.5) is 0 Å². The number of alkyl halides is 3. The van der Waals surface area contributed by atoms with Gasteiger partial charge in [0.15, 0.2) is 4.30 Å². The Morgan fingerprint density at radius 3 is 0.923 bits per heavy atom. The Bertz CT molecular complexity index is 54.1. The topological polar surface area (TPSA) is 51.7 Å². The second kappa shape index (κ2) is 18.5. The highest BCUT2D eigenvalue weighted by Crippen LogP contribution is 2.15. The molecule has 84 valence electrons. The fraction of sp³-hybridized carbons (Fsp3) is 1.00. The lowest BCUT2D eigenvalue weighted by Gasteiger charge is -2.05. The van der Waals surface area contributed by atoms with Crippen molar-refractivity contribution in [1.82, 2.24) is 0 Å². The molecule has 1 aliphatic rings. The summed E-state index contributed by atoms with van der Waals surface area (Å²) in [6.07, 6.45) is 9.00. The van der Waals surface area contributed by atoms with Gasteiger partial charge in [0.1, 0.15) is 0 Å².